The van der Waals surface area contributed by atoms with Gasteiger partial charge in [0.2, 0.25) is 0 Å². The van der Waals surface area contributed by atoms with Crippen LogP contribution in [0.5, 0.6) is 11.5 Å². The summed E-state index contributed by atoms with van der Waals surface area (Å²) < 4.78 is 5.55. The molecule has 6 heteroatoms. The highest BCUT2D eigenvalue weighted by atomic mass is 16.5. The zero-order valence-electron chi connectivity index (χ0n) is 18.1. The maximum Gasteiger partial charge on any atom is 0.331 e. The van der Waals surface area contributed by atoms with Crippen LogP contribution in [0.3, 0.4) is 0 Å². The van der Waals surface area contributed by atoms with Crippen LogP contribution in [0.15, 0.2) is 65.8 Å². The normalized spacial score (nSPS) is 14.0. The van der Waals surface area contributed by atoms with Gasteiger partial charge >= 0.3 is 5.97 Å². The lowest BCUT2D eigenvalue weighted by Crippen LogP contribution is -2.28. The average Bonchev–Trinajstić information content (AvgIpc) is 2.74. The van der Waals surface area contributed by atoms with Crippen LogP contribution in [0.4, 0.5) is 0 Å². The van der Waals surface area contributed by atoms with Crippen molar-refractivity contribution in [3.63, 3.8) is 0 Å². The summed E-state index contributed by atoms with van der Waals surface area (Å²) >= 11 is 0. The Balaban J connectivity index is 1.92. The SMILES string of the molecule is CC(C)=CC[C@@H](OC(=O)/C=C/c1ccccc1C)C1=CC(=O)c2c(O)ccc(O)c2C1=O. The molecule has 0 heterocycles. The number of carbonyl (C=O) groups excluding carboxylic acids is 3. The van der Waals surface area contributed by atoms with Gasteiger partial charge in [-0.15, -0.1) is 0 Å². The lowest BCUT2D eigenvalue weighted by atomic mass is 9.85. The fourth-order valence-electron chi connectivity index (χ4n) is 3.41. The van der Waals surface area contributed by atoms with Crippen LogP contribution in [0.2, 0.25) is 0 Å². The predicted octanol–water partition coefficient (Wildman–Crippen LogP) is 4.69. The highest BCUT2D eigenvalue weighted by Gasteiger charge is 2.35. The molecule has 0 saturated heterocycles. The molecule has 1 aliphatic rings. The van der Waals surface area contributed by atoms with E-state index in [-0.39, 0.29) is 23.1 Å². The van der Waals surface area contributed by atoms with Gasteiger partial charge in [0.15, 0.2) is 11.6 Å². The van der Waals surface area contributed by atoms with Gasteiger partial charge in [-0.05, 0) is 56.2 Å². The van der Waals surface area contributed by atoms with Crippen LogP contribution in [0.25, 0.3) is 6.08 Å². The van der Waals surface area contributed by atoms with Gasteiger partial charge in [0.25, 0.3) is 0 Å². The van der Waals surface area contributed by atoms with E-state index in [4.69, 9.17) is 4.74 Å². The number of phenols is 2. The fourth-order valence-corrected chi connectivity index (χ4v) is 3.41. The average molecular weight is 432 g/mol. The molecule has 1 aliphatic carbocycles. The van der Waals surface area contributed by atoms with Gasteiger partial charge in [-0.2, -0.15) is 0 Å². The number of Topliss-reactive ketones (excluding diaryl/α,β-unsaturated/α-hetero) is 1. The molecule has 0 fully saturated rings. The summed E-state index contributed by atoms with van der Waals surface area (Å²) in [5.74, 6) is -2.81. The van der Waals surface area contributed by atoms with Crippen molar-refractivity contribution in [3.8, 4) is 11.5 Å². The summed E-state index contributed by atoms with van der Waals surface area (Å²) in [4.78, 5) is 38.3. The van der Waals surface area contributed by atoms with Crippen molar-refractivity contribution in [2.75, 3.05) is 0 Å². The molecule has 3 rings (SSSR count). The van der Waals surface area contributed by atoms with Crippen molar-refractivity contribution in [2.45, 2.75) is 33.3 Å². The molecule has 0 aliphatic heterocycles. The van der Waals surface area contributed by atoms with Gasteiger partial charge in [0.05, 0.1) is 11.1 Å². The number of rotatable bonds is 6. The summed E-state index contributed by atoms with van der Waals surface area (Å²) in [6.07, 6.45) is 4.88. The summed E-state index contributed by atoms with van der Waals surface area (Å²) in [7, 11) is 0. The first-order valence-electron chi connectivity index (χ1n) is 10.1. The van der Waals surface area contributed by atoms with Gasteiger partial charge < -0.3 is 14.9 Å². The van der Waals surface area contributed by atoms with Crippen LogP contribution in [0, 0.1) is 6.92 Å². The van der Waals surface area contributed by atoms with E-state index >= 15 is 0 Å². The number of phenolic OH excluding ortho intramolecular Hbond substituents is 2. The highest BCUT2D eigenvalue weighted by molar-refractivity contribution is 6.27. The number of hydrogen-bond acceptors (Lipinski definition) is 6. The molecule has 0 amide bonds. The molecule has 164 valence electrons. The van der Waals surface area contributed by atoms with Crippen molar-refractivity contribution in [1.82, 2.24) is 0 Å². The van der Waals surface area contributed by atoms with E-state index in [0.29, 0.717) is 0 Å². The molecular formula is C26H24O6. The Kier molecular flexibility index (Phi) is 6.73. The number of hydrogen-bond donors (Lipinski definition) is 2. The smallest absolute Gasteiger partial charge is 0.331 e. The van der Waals surface area contributed by atoms with E-state index in [1.54, 1.807) is 12.2 Å². The van der Waals surface area contributed by atoms with Crippen molar-refractivity contribution in [1.29, 1.82) is 0 Å². The van der Waals surface area contributed by atoms with E-state index in [1.807, 2.05) is 45.0 Å². The van der Waals surface area contributed by atoms with Gasteiger partial charge in [0.1, 0.15) is 17.6 Å². The van der Waals surface area contributed by atoms with Crippen molar-refractivity contribution in [3.05, 3.63) is 88.0 Å². The van der Waals surface area contributed by atoms with Crippen LogP contribution in [0.1, 0.15) is 52.1 Å². The number of benzene rings is 2. The Hall–Kier alpha value is -3.93. The summed E-state index contributed by atoms with van der Waals surface area (Å²) in [6.45, 7) is 5.63. The third-order valence-corrected chi connectivity index (χ3v) is 5.12. The van der Waals surface area contributed by atoms with E-state index in [2.05, 4.69) is 0 Å². The second-order valence-corrected chi connectivity index (χ2v) is 7.78. The molecule has 0 saturated carbocycles. The third kappa shape index (κ3) is 4.86. The number of allylic oxidation sites excluding steroid dienone is 2. The van der Waals surface area contributed by atoms with E-state index in [1.165, 1.54) is 6.08 Å². The Labute approximate surface area is 186 Å². The van der Waals surface area contributed by atoms with E-state index in [9.17, 15) is 24.6 Å². The first-order chi connectivity index (χ1) is 15.2. The lowest BCUT2D eigenvalue weighted by Gasteiger charge is -2.23. The third-order valence-electron chi connectivity index (χ3n) is 5.12. The molecule has 2 aromatic carbocycles. The van der Waals surface area contributed by atoms with Crippen LogP contribution < -0.4 is 0 Å². The summed E-state index contributed by atoms with van der Waals surface area (Å²) in [6, 6.07) is 9.81. The minimum atomic E-state index is -1.04. The topological polar surface area (TPSA) is 101 Å². The maximum absolute atomic E-state index is 13.1. The molecule has 6 nitrogen and oxygen atoms in total. The highest BCUT2D eigenvalue weighted by Crippen LogP contribution is 2.36. The zero-order chi connectivity index (χ0) is 23.4. The molecular weight excluding hydrogens is 408 g/mol. The Morgan fingerprint density at radius 2 is 1.69 bits per heavy atom. The summed E-state index contributed by atoms with van der Waals surface area (Å²) in [5, 5.41) is 20.2. The quantitative estimate of drug-likeness (QED) is 0.297. The molecule has 0 aromatic heterocycles. The first kappa shape index (κ1) is 22.7. The number of esters is 1. The number of aromatic hydroxyl groups is 2. The molecule has 2 N–H and O–H groups in total. The predicted molar refractivity (Wildman–Crippen MR) is 121 cm³/mol. The van der Waals surface area contributed by atoms with Gasteiger partial charge in [-0.1, -0.05) is 35.9 Å². The van der Waals surface area contributed by atoms with Gasteiger partial charge in [0, 0.05) is 18.1 Å². The standard InChI is InChI=1S/C26H24O6/c1-15(2)8-12-22(32-23(30)13-9-17-7-5-4-6-16(17)3)18-14-21(29)24-19(27)10-11-20(28)25(24)26(18)31/h4-11,13-14,22,27-28H,12H2,1-3H3/b13-9+/t22-/m1/s1. The minimum absolute atomic E-state index is 0.0569. The zero-order valence-corrected chi connectivity index (χ0v) is 18.1. The van der Waals surface area contributed by atoms with Crippen molar-refractivity contribution in [2.24, 2.45) is 0 Å². The van der Waals surface area contributed by atoms with Gasteiger partial charge in [-0.3, -0.25) is 9.59 Å². The Bertz CT molecular complexity index is 1180. The molecule has 2 aromatic rings. The molecule has 32 heavy (non-hydrogen) atoms. The Morgan fingerprint density at radius 1 is 1.03 bits per heavy atom. The minimum Gasteiger partial charge on any atom is -0.507 e. The second kappa shape index (κ2) is 9.47. The number of fused-ring (bicyclic) bond motifs is 1. The van der Waals surface area contributed by atoms with E-state index < -0.39 is 35.1 Å². The van der Waals surface area contributed by atoms with Crippen molar-refractivity contribution < 1.29 is 29.3 Å². The lowest BCUT2D eigenvalue weighted by molar-refractivity contribution is -0.140. The number of ketones is 2. The number of carbonyl (C=O) groups is 3. The van der Waals surface area contributed by atoms with E-state index in [0.717, 1.165) is 34.9 Å². The second-order valence-electron chi connectivity index (χ2n) is 7.78. The molecule has 0 bridgehead atoms. The van der Waals surface area contributed by atoms with Crippen LogP contribution >= 0.6 is 0 Å². The largest absolute Gasteiger partial charge is 0.507 e. The monoisotopic (exact) mass is 432 g/mol. The first-order valence-corrected chi connectivity index (χ1v) is 10.1. The number of aryl methyl sites for hydroxylation is 1. The fraction of sp³-hybridized carbons (Fsp3) is 0.192. The molecule has 0 unspecified atom stereocenters. The molecule has 0 radical (unpaired) electrons. The van der Waals surface area contributed by atoms with Crippen molar-refractivity contribution >= 4 is 23.6 Å². The molecule has 0 spiro atoms. The summed E-state index contributed by atoms with van der Waals surface area (Å²) in [5.41, 5.74) is 2.17. The van der Waals surface area contributed by atoms with Crippen LogP contribution in [-0.4, -0.2) is 33.9 Å². The maximum atomic E-state index is 13.1. The van der Waals surface area contributed by atoms with Crippen LogP contribution in [-0.2, 0) is 9.53 Å². The number of ether oxygens (including phenoxy) is 1. The molecule has 1 atom stereocenters. The van der Waals surface area contributed by atoms with Gasteiger partial charge in [-0.25, -0.2) is 4.79 Å². The Morgan fingerprint density at radius 3 is 2.34 bits per heavy atom.